The van der Waals surface area contributed by atoms with E-state index in [4.69, 9.17) is 27.9 Å². The Morgan fingerprint density at radius 3 is 1.61 bits per heavy atom. The number of anilines is 2. The molecule has 2 aromatic carbocycles. The van der Waals surface area contributed by atoms with E-state index in [0.717, 1.165) is 25.9 Å². The normalized spacial score (nSPS) is 16.5. The van der Waals surface area contributed by atoms with Gasteiger partial charge in [-0.1, -0.05) is 23.2 Å². The molecule has 260 valence electrons. The van der Waals surface area contributed by atoms with Crippen LogP contribution in [-0.4, -0.2) is 65.9 Å². The Hall–Kier alpha value is -1.58. The molecule has 2 heterocycles. The van der Waals surface area contributed by atoms with Crippen molar-refractivity contribution < 1.29 is 53.6 Å². The lowest BCUT2D eigenvalue weighted by molar-refractivity contribution is -0.662. The van der Waals surface area contributed by atoms with E-state index in [2.05, 4.69) is 16.0 Å². The number of hydrogen-bond donors (Lipinski definition) is 3. The molecule has 0 spiro atoms. The van der Waals surface area contributed by atoms with E-state index in [1.165, 1.54) is 24.3 Å². The lowest BCUT2D eigenvalue weighted by Crippen LogP contribution is -3.00. The Kier molecular flexibility index (Phi) is 15.6. The third kappa shape index (κ3) is 15.1. The maximum Gasteiger partial charge on any atom is 0.446 e. The van der Waals surface area contributed by atoms with E-state index < -0.39 is 16.6 Å². The first-order valence-electron chi connectivity index (χ1n) is 14.3. The highest BCUT2D eigenvalue weighted by Gasteiger charge is 2.32. The molecule has 46 heavy (non-hydrogen) atoms. The van der Waals surface area contributed by atoms with E-state index in [1.54, 1.807) is 17.0 Å². The number of nitrogens with two attached hydrogens (primary N) is 1. The Morgan fingerprint density at radius 2 is 1.22 bits per heavy atom. The molecule has 2 aromatic rings. The fraction of sp³-hybridized carbons (Fsp3) is 0.552. The van der Waals surface area contributed by atoms with Crippen molar-refractivity contribution in [2.45, 2.75) is 84.9 Å². The summed E-state index contributed by atoms with van der Waals surface area (Å²) in [4.78, 5) is 13.7. The second-order valence-electron chi connectivity index (χ2n) is 11.6. The Bertz CT molecular complexity index is 1270. The lowest BCUT2D eigenvalue weighted by atomic mass is 10.0. The summed E-state index contributed by atoms with van der Waals surface area (Å²) < 4.78 is 80.3. The molecule has 0 aliphatic carbocycles. The van der Waals surface area contributed by atoms with Gasteiger partial charge in [-0.2, -0.15) is 26.3 Å². The monoisotopic (exact) mass is 756 g/mol. The van der Waals surface area contributed by atoms with Crippen LogP contribution in [0, 0.1) is 0 Å². The molecule has 4 N–H and O–H groups in total. The van der Waals surface area contributed by atoms with Gasteiger partial charge in [0.25, 0.3) is 0 Å². The average molecular weight is 758 g/mol. The van der Waals surface area contributed by atoms with E-state index in [9.17, 15) is 31.1 Å². The van der Waals surface area contributed by atoms with Crippen LogP contribution in [0.3, 0.4) is 0 Å². The quantitative estimate of drug-likeness (QED) is 0.254. The molecule has 6 nitrogen and oxygen atoms in total. The number of ether oxygens (including phenoxy) is 1. The molecule has 4 rings (SSSR count). The highest BCUT2D eigenvalue weighted by Crippen LogP contribution is 2.42. The number of amides is 1. The molecule has 0 radical (unpaired) electrons. The molecule has 2 fully saturated rings. The van der Waals surface area contributed by atoms with Gasteiger partial charge in [-0.25, -0.2) is 4.79 Å². The molecular weight excluding hydrogens is 721 g/mol. The molecule has 0 saturated carbocycles. The number of likely N-dealkylation sites (tertiary alicyclic amines) is 1. The van der Waals surface area contributed by atoms with Gasteiger partial charge in [-0.15, -0.1) is 0 Å². The molecule has 2 aliphatic rings. The zero-order valence-electron chi connectivity index (χ0n) is 25.3. The summed E-state index contributed by atoms with van der Waals surface area (Å²) in [6, 6.07) is 9.61. The Labute approximate surface area is 289 Å². The SMILES string of the molecule is CC(C)(C)OC(=O)N1CCC(Nc2ccc(Cl)c(SC(F)(F)F)c2)CC1.FC(F)(F)Sc1cc(NC2CC[NH2+]CC2)ccc1Cl.[Cl-]. The number of benzene rings is 2. The van der Waals surface area contributed by atoms with Crippen LogP contribution in [0.4, 0.5) is 42.5 Å². The zero-order valence-corrected chi connectivity index (χ0v) is 29.2. The van der Waals surface area contributed by atoms with Gasteiger partial charge < -0.3 is 38.0 Å². The number of piperidine rings is 2. The van der Waals surface area contributed by atoms with Crippen LogP contribution in [0.5, 0.6) is 0 Å². The fourth-order valence-electron chi connectivity index (χ4n) is 4.67. The predicted molar refractivity (Wildman–Crippen MR) is 169 cm³/mol. The molecule has 2 aliphatic heterocycles. The van der Waals surface area contributed by atoms with Crippen LogP contribution in [0.1, 0.15) is 46.5 Å². The highest BCUT2D eigenvalue weighted by atomic mass is 35.5. The molecule has 0 unspecified atom stereocenters. The number of thioether (sulfide) groups is 2. The van der Waals surface area contributed by atoms with Crippen LogP contribution >= 0.6 is 46.7 Å². The van der Waals surface area contributed by atoms with Gasteiger partial charge in [0.15, 0.2) is 0 Å². The van der Waals surface area contributed by atoms with E-state index >= 15 is 0 Å². The van der Waals surface area contributed by atoms with Crippen LogP contribution < -0.4 is 28.4 Å². The molecule has 0 aromatic heterocycles. The Balaban J connectivity index is 0.000000328. The largest absolute Gasteiger partial charge is 1.00 e. The molecule has 0 atom stereocenters. The molecule has 1 amide bonds. The summed E-state index contributed by atoms with van der Waals surface area (Å²) in [5.41, 5.74) is -7.97. The summed E-state index contributed by atoms with van der Waals surface area (Å²) >= 11 is 11.2. The first kappa shape index (κ1) is 40.6. The van der Waals surface area contributed by atoms with Crippen molar-refractivity contribution in [3.8, 4) is 0 Å². The number of quaternary nitrogens is 1. The summed E-state index contributed by atoms with van der Waals surface area (Å²) in [5, 5.41) is 8.94. The molecule has 0 bridgehead atoms. The van der Waals surface area contributed by atoms with Gasteiger partial charge in [0.1, 0.15) is 5.60 Å². The van der Waals surface area contributed by atoms with Crippen molar-refractivity contribution in [1.82, 2.24) is 4.90 Å². The predicted octanol–water partition coefficient (Wildman–Crippen LogP) is 5.86. The average Bonchev–Trinajstić information content (AvgIpc) is 2.91. The maximum absolute atomic E-state index is 12.6. The number of alkyl halides is 6. The van der Waals surface area contributed by atoms with Gasteiger partial charge in [0.2, 0.25) is 0 Å². The maximum atomic E-state index is 12.6. The Morgan fingerprint density at radius 1 is 0.804 bits per heavy atom. The van der Waals surface area contributed by atoms with Crippen LogP contribution in [0.25, 0.3) is 0 Å². The second-order valence-corrected chi connectivity index (χ2v) is 14.6. The minimum Gasteiger partial charge on any atom is -1.00 e. The van der Waals surface area contributed by atoms with Gasteiger partial charge >= 0.3 is 17.1 Å². The molecular formula is C29H37Cl3F6N4O2S2. The zero-order chi connectivity index (χ0) is 33.4. The van der Waals surface area contributed by atoms with Crippen molar-refractivity contribution in [2.75, 3.05) is 36.8 Å². The summed E-state index contributed by atoms with van der Waals surface area (Å²) in [6.45, 7) is 8.61. The molecule has 2 saturated heterocycles. The van der Waals surface area contributed by atoms with Crippen LogP contribution in [-0.2, 0) is 4.74 Å². The topological polar surface area (TPSA) is 70.2 Å². The third-order valence-corrected chi connectivity index (χ3v) is 9.10. The minimum absolute atomic E-state index is 0. The summed E-state index contributed by atoms with van der Waals surface area (Å²) in [7, 11) is 0. The van der Waals surface area contributed by atoms with Gasteiger partial charge in [0, 0.05) is 59.2 Å². The van der Waals surface area contributed by atoms with Gasteiger partial charge in [0.05, 0.1) is 23.1 Å². The highest BCUT2D eigenvalue weighted by molar-refractivity contribution is 8.00. The standard InChI is InChI=1S/C17H22ClF3N2O2S.C12H14ClF3N2S.ClH/c1-16(2,3)25-15(24)23-8-6-11(7-9-23)22-12-4-5-13(18)14(10-12)26-17(19,20)21;13-10-2-1-9(7-11(10)19-12(14,15)16)18-8-3-5-17-6-4-8;/h4-5,10-11,22H,6-9H2,1-3H3;1-2,7-8,17-18H,3-6H2;1H. The fourth-order valence-corrected chi connectivity index (χ4v) is 6.34. The minimum atomic E-state index is -4.39. The van der Waals surface area contributed by atoms with E-state index in [1.807, 2.05) is 20.8 Å². The molecule has 17 heteroatoms. The van der Waals surface area contributed by atoms with Crippen molar-refractivity contribution in [3.05, 3.63) is 46.4 Å². The van der Waals surface area contributed by atoms with E-state index in [-0.39, 0.29) is 67.9 Å². The van der Waals surface area contributed by atoms with Crippen LogP contribution in [0.15, 0.2) is 46.2 Å². The number of rotatable bonds is 6. The van der Waals surface area contributed by atoms with Crippen molar-refractivity contribution in [3.63, 3.8) is 0 Å². The van der Waals surface area contributed by atoms with Crippen molar-refractivity contribution in [1.29, 1.82) is 0 Å². The number of carbonyl (C=O) groups is 1. The van der Waals surface area contributed by atoms with Crippen LogP contribution in [0.2, 0.25) is 10.0 Å². The summed E-state index contributed by atoms with van der Waals surface area (Å²) in [6.07, 6.45) is 3.06. The lowest BCUT2D eigenvalue weighted by Gasteiger charge is -2.34. The van der Waals surface area contributed by atoms with Crippen molar-refractivity contribution >= 4 is 64.2 Å². The van der Waals surface area contributed by atoms with Gasteiger partial charge in [-0.05, 0) is 93.5 Å². The first-order valence-corrected chi connectivity index (χ1v) is 16.7. The number of halogens is 9. The smallest absolute Gasteiger partial charge is 0.446 e. The second kappa shape index (κ2) is 17.7. The number of carbonyl (C=O) groups excluding carboxylic acids is 1. The van der Waals surface area contributed by atoms with Gasteiger partial charge in [-0.3, -0.25) is 0 Å². The van der Waals surface area contributed by atoms with Crippen molar-refractivity contribution in [2.24, 2.45) is 0 Å². The van der Waals surface area contributed by atoms with E-state index in [0.29, 0.717) is 43.3 Å². The number of hydrogen-bond acceptors (Lipinski definition) is 6. The summed E-state index contributed by atoms with van der Waals surface area (Å²) in [5.74, 6) is 0. The number of nitrogens with zero attached hydrogens (tertiary/aromatic N) is 1. The third-order valence-electron chi connectivity index (χ3n) is 6.64. The number of nitrogens with one attached hydrogen (secondary N) is 2. The first-order chi connectivity index (χ1) is 20.9.